The van der Waals surface area contributed by atoms with Crippen LogP contribution in [0.5, 0.6) is 0 Å². The molecule has 0 radical (unpaired) electrons. The highest BCUT2D eigenvalue weighted by Gasteiger charge is 2.38. The molecule has 1 aromatic rings. The molecule has 5 nitrogen and oxygen atoms in total. The van der Waals surface area contributed by atoms with Gasteiger partial charge in [0.25, 0.3) is 0 Å². The Bertz CT molecular complexity index is 522. The number of nitrogens with zero attached hydrogens (tertiary/aromatic N) is 2. The molecule has 0 bridgehead atoms. The average molecular weight is 293 g/mol. The van der Waals surface area contributed by atoms with Crippen molar-refractivity contribution in [3.63, 3.8) is 0 Å². The summed E-state index contributed by atoms with van der Waals surface area (Å²) < 4.78 is 0. The van der Waals surface area contributed by atoms with Crippen LogP contribution in [0.15, 0.2) is 5.38 Å². The number of nitrogens with one attached hydrogen (secondary N) is 1. The topological polar surface area (TPSA) is 62.3 Å². The number of hydrogen-bond acceptors (Lipinski definition) is 4. The van der Waals surface area contributed by atoms with Crippen LogP contribution in [0, 0.1) is 12.8 Å². The monoisotopic (exact) mass is 293 g/mol. The number of carbonyl (C=O) groups is 2. The fraction of sp³-hybridized carbons (Fsp3) is 0.643. The molecule has 1 saturated heterocycles. The van der Waals surface area contributed by atoms with Gasteiger partial charge in [-0.1, -0.05) is 12.8 Å². The third-order valence-corrected chi connectivity index (χ3v) is 5.02. The van der Waals surface area contributed by atoms with Crippen LogP contribution < -0.4 is 5.32 Å². The van der Waals surface area contributed by atoms with Crippen LogP contribution >= 0.6 is 11.3 Å². The molecule has 2 heterocycles. The zero-order valence-electron chi connectivity index (χ0n) is 11.6. The predicted octanol–water partition coefficient (Wildman–Crippen LogP) is 2.18. The number of carbonyl (C=O) groups excluding carboxylic acids is 2. The van der Waals surface area contributed by atoms with E-state index >= 15 is 0 Å². The summed E-state index contributed by atoms with van der Waals surface area (Å²) in [6.07, 6.45) is 4.91. The summed E-state index contributed by atoms with van der Waals surface area (Å²) in [6.45, 7) is 2.47. The second-order valence-electron chi connectivity index (χ2n) is 5.67. The minimum Gasteiger partial charge on any atom is -0.339 e. The molecule has 20 heavy (non-hydrogen) atoms. The maximum atomic E-state index is 12.2. The van der Waals surface area contributed by atoms with Crippen molar-refractivity contribution in [2.24, 2.45) is 5.92 Å². The minimum absolute atomic E-state index is 0.0757. The lowest BCUT2D eigenvalue weighted by atomic mass is 10.1. The standard InChI is InChI=1S/C14H19N3O2S/c1-9-8-20-14(15-9)16-13(19)10-6-12(18)17(7-10)11-4-2-3-5-11/h8,10-11H,2-7H2,1H3,(H,15,16,19)/t10-/m1/s1. The molecule has 1 aromatic heterocycles. The summed E-state index contributed by atoms with van der Waals surface area (Å²) in [4.78, 5) is 30.4. The Morgan fingerprint density at radius 2 is 2.20 bits per heavy atom. The normalized spacial score (nSPS) is 23.6. The van der Waals surface area contributed by atoms with Gasteiger partial charge < -0.3 is 10.2 Å². The molecule has 2 fully saturated rings. The first-order valence-corrected chi connectivity index (χ1v) is 8.04. The molecule has 108 valence electrons. The van der Waals surface area contributed by atoms with E-state index in [2.05, 4.69) is 10.3 Å². The van der Waals surface area contributed by atoms with Crippen molar-refractivity contribution in [3.8, 4) is 0 Å². The van der Waals surface area contributed by atoms with Gasteiger partial charge in [0.05, 0.1) is 11.6 Å². The van der Waals surface area contributed by atoms with E-state index in [1.165, 1.54) is 24.2 Å². The van der Waals surface area contributed by atoms with Crippen LogP contribution in [0.4, 0.5) is 5.13 Å². The lowest BCUT2D eigenvalue weighted by Gasteiger charge is -2.23. The summed E-state index contributed by atoms with van der Waals surface area (Å²) in [7, 11) is 0. The van der Waals surface area contributed by atoms with Crippen molar-refractivity contribution in [1.82, 2.24) is 9.88 Å². The van der Waals surface area contributed by atoms with Gasteiger partial charge >= 0.3 is 0 Å². The molecule has 1 atom stereocenters. The van der Waals surface area contributed by atoms with Crippen molar-refractivity contribution in [3.05, 3.63) is 11.1 Å². The molecule has 1 saturated carbocycles. The number of aromatic nitrogens is 1. The molecule has 6 heteroatoms. The highest BCUT2D eigenvalue weighted by molar-refractivity contribution is 7.13. The van der Waals surface area contributed by atoms with Gasteiger partial charge in [-0.05, 0) is 19.8 Å². The fourth-order valence-corrected chi connectivity index (χ4v) is 3.79. The van der Waals surface area contributed by atoms with E-state index in [0.29, 0.717) is 24.1 Å². The van der Waals surface area contributed by atoms with Crippen LogP contribution in [0.3, 0.4) is 0 Å². The Balaban J connectivity index is 1.60. The van der Waals surface area contributed by atoms with E-state index in [4.69, 9.17) is 0 Å². The van der Waals surface area contributed by atoms with Gasteiger partial charge in [-0.2, -0.15) is 0 Å². The van der Waals surface area contributed by atoms with Crippen LogP contribution in [0.25, 0.3) is 0 Å². The van der Waals surface area contributed by atoms with E-state index in [1.54, 1.807) is 0 Å². The fourth-order valence-electron chi connectivity index (χ4n) is 3.09. The Morgan fingerprint density at radius 1 is 1.45 bits per heavy atom. The Labute approximate surface area is 122 Å². The van der Waals surface area contributed by atoms with Gasteiger partial charge in [0.2, 0.25) is 11.8 Å². The number of hydrogen-bond donors (Lipinski definition) is 1. The number of likely N-dealkylation sites (tertiary alicyclic amines) is 1. The number of anilines is 1. The smallest absolute Gasteiger partial charge is 0.231 e. The number of rotatable bonds is 3. The minimum atomic E-state index is -0.229. The zero-order valence-corrected chi connectivity index (χ0v) is 12.4. The molecule has 1 aliphatic heterocycles. The van der Waals surface area contributed by atoms with Crippen LogP contribution in [-0.2, 0) is 9.59 Å². The first kappa shape index (κ1) is 13.5. The summed E-state index contributed by atoms with van der Waals surface area (Å²) >= 11 is 1.42. The summed E-state index contributed by atoms with van der Waals surface area (Å²) in [5.74, 6) is -0.173. The van der Waals surface area contributed by atoms with E-state index < -0.39 is 0 Å². The zero-order chi connectivity index (χ0) is 14.1. The van der Waals surface area contributed by atoms with Gasteiger partial charge in [0, 0.05) is 24.4 Å². The highest BCUT2D eigenvalue weighted by Crippen LogP contribution is 2.30. The first-order chi connectivity index (χ1) is 9.63. The second kappa shape index (κ2) is 5.52. The van der Waals surface area contributed by atoms with Gasteiger partial charge in [-0.25, -0.2) is 4.98 Å². The highest BCUT2D eigenvalue weighted by atomic mass is 32.1. The van der Waals surface area contributed by atoms with Gasteiger partial charge in [0.15, 0.2) is 5.13 Å². The van der Waals surface area contributed by atoms with Crippen LogP contribution in [0.2, 0.25) is 0 Å². The van der Waals surface area contributed by atoms with Crippen molar-refractivity contribution >= 4 is 28.3 Å². The number of amides is 2. The maximum absolute atomic E-state index is 12.2. The molecular formula is C14H19N3O2S. The Hall–Kier alpha value is -1.43. The predicted molar refractivity (Wildman–Crippen MR) is 77.6 cm³/mol. The molecule has 2 aliphatic rings. The lowest BCUT2D eigenvalue weighted by Crippen LogP contribution is -2.35. The molecule has 1 N–H and O–H groups in total. The van der Waals surface area contributed by atoms with Gasteiger partial charge in [-0.15, -0.1) is 11.3 Å². The largest absolute Gasteiger partial charge is 0.339 e. The van der Waals surface area contributed by atoms with Gasteiger partial charge in [-0.3, -0.25) is 9.59 Å². The number of thiazole rings is 1. The van der Waals surface area contributed by atoms with E-state index in [-0.39, 0.29) is 17.7 Å². The molecule has 0 spiro atoms. The maximum Gasteiger partial charge on any atom is 0.231 e. The molecule has 1 aliphatic carbocycles. The third kappa shape index (κ3) is 2.70. The summed E-state index contributed by atoms with van der Waals surface area (Å²) in [6, 6.07) is 0.363. The van der Waals surface area contributed by atoms with Crippen molar-refractivity contribution in [1.29, 1.82) is 0 Å². The first-order valence-electron chi connectivity index (χ1n) is 7.16. The van der Waals surface area contributed by atoms with E-state index in [0.717, 1.165) is 18.5 Å². The van der Waals surface area contributed by atoms with Crippen molar-refractivity contribution < 1.29 is 9.59 Å². The van der Waals surface area contributed by atoms with Gasteiger partial charge in [0.1, 0.15) is 0 Å². The third-order valence-electron chi connectivity index (χ3n) is 4.14. The molecule has 3 rings (SSSR count). The summed E-state index contributed by atoms with van der Waals surface area (Å²) in [5, 5.41) is 5.35. The second-order valence-corrected chi connectivity index (χ2v) is 6.53. The molecular weight excluding hydrogens is 274 g/mol. The molecule has 0 aromatic carbocycles. The SMILES string of the molecule is Cc1csc(NC(=O)[C@@H]2CC(=O)N(C3CCCC3)C2)n1. The lowest BCUT2D eigenvalue weighted by molar-refractivity contribution is -0.129. The van der Waals surface area contributed by atoms with Crippen molar-refractivity contribution in [2.45, 2.75) is 45.1 Å². The average Bonchev–Trinajstić information content (AvgIpc) is 3.10. The molecule has 2 amide bonds. The van der Waals surface area contributed by atoms with Crippen molar-refractivity contribution in [2.75, 3.05) is 11.9 Å². The van der Waals surface area contributed by atoms with E-state index in [1.807, 2.05) is 17.2 Å². The Kier molecular flexibility index (Phi) is 3.74. The molecule has 0 unspecified atom stereocenters. The number of aryl methyl sites for hydroxylation is 1. The van der Waals surface area contributed by atoms with Crippen LogP contribution in [0.1, 0.15) is 37.8 Å². The van der Waals surface area contributed by atoms with E-state index in [9.17, 15) is 9.59 Å². The quantitative estimate of drug-likeness (QED) is 0.929. The summed E-state index contributed by atoms with van der Waals surface area (Å²) in [5.41, 5.74) is 0.903. The Morgan fingerprint density at radius 3 is 2.85 bits per heavy atom. The van der Waals surface area contributed by atoms with Crippen LogP contribution in [-0.4, -0.2) is 34.3 Å².